The Kier molecular flexibility index (Phi) is 8.04. The van der Waals surface area contributed by atoms with E-state index in [1.54, 1.807) is 11.8 Å². The average Bonchev–Trinajstić information content (AvgIpc) is 3.11. The van der Waals surface area contributed by atoms with Crippen molar-refractivity contribution in [3.05, 3.63) is 66.2 Å². The van der Waals surface area contributed by atoms with E-state index in [2.05, 4.69) is 36.4 Å². The predicted octanol–water partition coefficient (Wildman–Crippen LogP) is 4.69. The lowest BCUT2D eigenvalue weighted by atomic mass is 10.1. The maximum Gasteiger partial charge on any atom is 0.163 e. The highest BCUT2D eigenvalue weighted by atomic mass is 32.2. The molecule has 0 spiro atoms. The first-order valence-corrected chi connectivity index (χ1v) is 12.0. The van der Waals surface area contributed by atoms with Gasteiger partial charge in [0.1, 0.15) is 18.3 Å². The summed E-state index contributed by atoms with van der Waals surface area (Å²) in [4.78, 5) is 1.23. The van der Waals surface area contributed by atoms with Crippen LogP contribution in [0.1, 0.15) is 25.8 Å². The Hall–Kier alpha value is -1.41. The SMILES string of the molecule is CC1(C)OC[C@@H]2O[C@H](CSc3ccccc3)[C@@H](OCCCOCc3ccccc3)[C@@H]2O1. The van der Waals surface area contributed by atoms with Crippen LogP contribution in [-0.2, 0) is 30.3 Å². The third-order valence-electron chi connectivity index (χ3n) is 5.43. The van der Waals surface area contributed by atoms with Gasteiger partial charge >= 0.3 is 0 Å². The van der Waals surface area contributed by atoms with E-state index in [9.17, 15) is 0 Å². The monoisotopic (exact) mass is 444 g/mol. The van der Waals surface area contributed by atoms with Gasteiger partial charge in [0.05, 0.1) is 19.3 Å². The molecule has 2 aromatic rings. The van der Waals surface area contributed by atoms with E-state index in [0.29, 0.717) is 26.4 Å². The topological polar surface area (TPSA) is 46.2 Å². The van der Waals surface area contributed by atoms with Gasteiger partial charge in [-0.15, -0.1) is 11.8 Å². The molecule has 2 saturated heterocycles. The third kappa shape index (κ3) is 6.54. The molecule has 0 aliphatic carbocycles. The van der Waals surface area contributed by atoms with Crippen molar-refractivity contribution in [1.82, 2.24) is 0 Å². The molecule has 6 heteroatoms. The van der Waals surface area contributed by atoms with Crippen molar-refractivity contribution in [3.8, 4) is 0 Å². The second-order valence-electron chi connectivity index (χ2n) is 8.36. The second kappa shape index (κ2) is 10.9. The minimum atomic E-state index is -0.619. The molecule has 168 valence electrons. The first-order valence-electron chi connectivity index (χ1n) is 11.0. The fraction of sp³-hybridized carbons (Fsp3) is 0.520. The lowest BCUT2D eigenvalue weighted by Gasteiger charge is -2.38. The summed E-state index contributed by atoms with van der Waals surface area (Å²) >= 11 is 1.79. The smallest absolute Gasteiger partial charge is 0.163 e. The third-order valence-corrected chi connectivity index (χ3v) is 6.53. The molecule has 2 aromatic carbocycles. The van der Waals surface area contributed by atoms with E-state index in [-0.39, 0.29) is 24.4 Å². The van der Waals surface area contributed by atoms with Gasteiger partial charge in [-0.2, -0.15) is 0 Å². The van der Waals surface area contributed by atoms with Crippen LogP contribution in [0.5, 0.6) is 0 Å². The van der Waals surface area contributed by atoms with Crippen molar-refractivity contribution in [3.63, 3.8) is 0 Å². The molecule has 2 heterocycles. The predicted molar refractivity (Wildman–Crippen MR) is 121 cm³/mol. The van der Waals surface area contributed by atoms with E-state index in [1.807, 2.05) is 38.1 Å². The highest BCUT2D eigenvalue weighted by molar-refractivity contribution is 7.99. The highest BCUT2D eigenvalue weighted by Crippen LogP contribution is 2.36. The number of hydrogen-bond acceptors (Lipinski definition) is 6. The van der Waals surface area contributed by atoms with E-state index in [1.165, 1.54) is 10.5 Å². The number of fused-ring (bicyclic) bond motifs is 1. The number of thioether (sulfide) groups is 1. The second-order valence-corrected chi connectivity index (χ2v) is 9.45. The van der Waals surface area contributed by atoms with Gasteiger partial charge in [0.15, 0.2) is 5.79 Å². The minimum Gasteiger partial charge on any atom is -0.377 e. The molecule has 0 saturated carbocycles. The first-order chi connectivity index (χ1) is 15.1. The fourth-order valence-corrected chi connectivity index (χ4v) is 4.87. The Morgan fingerprint density at radius 2 is 1.74 bits per heavy atom. The summed E-state index contributed by atoms with van der Waals surface area (Å²) in [7, 11) is 0. The molecule has 5 nitrogen and oxygen atoms in total. The molecule has 2 aliphatic rings. The van der Waals surface area contributed by atoms with Gasteiger partial charge in [0.25, 0.3) is 0 Å². The summed E-state index contributed by atoms with van der Waals surface area (Å²) < 4.78 is 30.4. The van der Waals surface area contributed by atoms with E-state index < -0.39 is 5.79 Å². The molecule has 0 bridgehead atoms. The van der Waals surface area contributed by atoms with Crippen LogP contribution < -0.4 is 0 Å². The zero-order valence-electron chi connectivity index (χ0n) is 18.3. The van der Waals surface area contributed by atoms with Crippen LogP contribution in [0.3, 0.4) is 0 Å². The molecule has 4 atom stereocenters. The Morgan fingerprint density at radius 1 is 1.00 bits per heavy atom. The molecule has 31 heavy (non-hydrogen) atoms. The maximum absolute atomic E-state index is 6.32. The van der Waals surface area contributed by atoms with E-state index in [4.69, 9.17) is 23.7 Å². The largest absolute Gasteiger partial charge is 0.377 e. The summed E-state index contributed by atoms with van der Waals surface area (Å²) in [5, 5.41) is 0. The van der Waals surface area contributed by atoms with Crippen molar-refractivity contribution in [2.45, 2.75) is 62.0 Å². The average molecular weight is 445 g/mol. The maximum atomic E-state index is 6.32. The van der Waals surface area contributed by atoms with Crippen LogP contribution in [0.15, 0.2) is 65.6 Å². The molecule has 2 fully saturated rings. The summed E-state index contributed by atoms with van der Waals surface area (Å²) in [6.45, 7) is 6.33. The number of benzene rings is 2. The summed E-state index contributed by atoms with van der Waals surface area (Å²) in [6, 6.07) is 20.6. The van der Waals surface area contributed by atoms with Crippen LogP contribution in [0.25, 0.3) is 0 Å². The molecule has 0 N–H and O–H groups in total. The highest BCUT2D eigenvalue weighted by Gasteiger charge is 2.51. The Labute approximate surface area is 189 Å². The quantitative estimate of drug-likeness (QED) is 0.391. The molecular weight excluding hydrogens is 412 g/mol. The number of hydrogen-bond donors (Lipinski definition) is 0. The molecule has 0 unspecified atom stereocenters. The van der Waals surface area contributed by atoms with Crippen molar-refractivity contribution in [2.24, 2.45) is 0 Å². The first kappa shape index (κ1) is 22.8. The molecular formula is C25H32O5S. The van der Waals surface area contributed by atoms with Crippen LogP contribution in [0, 0.1) is 0 Å². The van der Waals surface area contributed by atoms with Crippen molar-refractivity contribution in [1.29, 1.82) is 0 Å². The van der Waals surface area contributed by atoms with Crippen LogP contribution in [0.4, 0.5) is 0 Å². The number of ether oxygens (including phenoxy) is 5. The summed E-state index contributed by atoms with van der Waals surface area (Å²) in [6.07, 6.45) is 0.477. The van der Waals surface area contributed by atoms with Gasteiger partial charge in [-0.05, 0) is 38.0 Å². The van der Waals surface area contributed by atoms with Gasteiger partial charge in [-0.3, -0.25) is 0 Å². The molecule has 0 amide bonds. The lowest BCUT2D eigenvalue weighted by Crippen LogP contribution is -2.51. The Balaban J connectivity index is 1.27. The van der Waals surface area contributed by atoms with Crippen molar-refractivity contribution in [2.75, 3.05) is 25.6 Å². The van der Waals surface area contributed by atoms with Crippen LogP contribution >= 0.6 is 11.8 Å². The van der Waals surface area contributed by atoms with Crippen molar-refractivity contribution >= 4 is 11.8 Å². The Bertz CT molecular complexity index is 785. The zero-order valence-corrected chi connectivity index (χ0v) is 19.1. The molecule has 0 aromatic heterocycles. The summed E-state index contributed by atoms with van der Waals surface area (Å²) in [5.74, 6) is 0.197. The zero-order chi connectivity index (χ0) is 21.5. The standard InChI is InChI=1S/C25H32O5S/c1-25(2)28-17-21-24(30-25)23(22(29-21)18-31-20-12-7-4-8-13-20)27-15-9-14-26-16-19-10-5-3-6-11-19/h3-8,10-13,21-24H,9,14-18H2,1-2H3/t21-,22+,23+,24+/m0/s1. The summed E-state index contributed by atoms with van der Waals surface area (Å²) in [5.41, 5.74) is 1.19. The van der Waals surface area contributed by atoms with Gasteiger partial charge in [0, 0.05) is 23.9 Å². The van der Waals surface area contributed by atoms with Gasteiger partial charge in [-0.25, -0.2) is 0 Å². The Morgan fingerprint density at radius 3 is 2.52 bits per heavy atom. The minimum absolute atomic E-state index is 0.0389. The van der Waals surface area contributed by atoms with Crippen molar-refractivity contribution < 1.29 is 23.7 Å². The van der Waals surface area contributed by atoms with Crippen LogP contribution in [-0.4, -0.2) is 55.8 Å². The lowest BCUT2D eigenvalue weighted by molar-refractivity contribution is -0.301. The molecule has 2 aliphatic heterocycles. The van der Waals surface area contributed by atoms with E-state index >= 15 is 0 Å². The van der Waals surface area contributed by atoms with E-state index in [0.717, 1.165) is 12.2 Å². The fourth-order valence-electron chi connectivity index (χ4n) is 3.90. The normalized spacial score (nSPS) is 27.2. The molecule has 4 rings (SSSR count). The molecule has 0 radical (unpaired) electrons. The van der Waals surface area contributed by atoms with Crippen LogP contribution in [0.2, 0.25) is 0 Å². The number of rotatable bonds is 10. The van der Waals surface area contributed by atoms with Gasteiger partial charge in [0.2, 0.25) is 0 Å². The van der Waals surface area contributed by atoms with Gasteiger partial charge < -0.3 is 23.7 Å². The van der Waals surface area contributed by atoms with Gasteiger partial charge in [-0.1, -0.05) is 48.5 Å².